The molecule has 2 heterocycles. The van der Waals surface area contributed by atoms with Gasteiger partial charge in [-0.25, -0.2) is 4.79 Å². The third-order valence-corrected chi connectivity index (χ3v) is 4.58. The van der Waals surface area contributed by atoms with Crippen LogP contribution in [-0.4, -0.2) is 36.5 Å². The number of aromatic nitrogens is 4. The number of fused-ring (bicyclic) bond motifs is 1. The maximum absolute atomic E-state index is 12.2. The molecule has 29 heavy (non-hydrogen) atoms. The summed E-state index contributed by atoms with van der Waals surface area (Å²) < 4.78 is 3.22. The molecular weight excluding hydrogens is 370 g/mol. The number of carbonyl (C=O) groups excluding carboxylic acids is 1. The van der Waals surface area contributed by atoms with Gasteiger partial charge in [0.1, 0.15) is 0 Å². The van der Waals surface area contributed by atoms with Crippen molar-refractivity contribution in [1.82, 2.24) is 19.6 Å². The van der Waals surface area contributed by atoms with Crippen LogP contribution in [0.3, 0.4) is 0 Å². The van der Waals surface area contributed by atoms with Gasteiger partial charge in [-0.2, -0.15) is 10.2 Å². The maximum Gasteiger partial charge on any atom is 0.338 e. The van der Waals surface area contributed by atoms with Crippen molar-refractivity contribution in [1.29, 1.82) is 0 Å². The van der Waals surface area contributed by atoms with Gasteiger partial charge in [-0.1, -0.05) is 42.5 Å². The van der Waals surface area contributed by atoms with E-state index in [2.05, 4.69) is 39.8 Å². The van der Waals surface area contributed by atoms with Crippen LogP contribution in [0.1, 0.15) is 22.3 Å². The molecule has 0 saturated heterocycles. The zero-order valence-corrected chi connectivity index (χ0v) is 15.5. The fourth-order valence-electron chi connectivity index (χ4n) is 3.16. The molecule has 0 aliphatic heterocycles. The smallest absolute Gasteiger partial charge is 0.338 e. The number of carbonyl (C=O) groups is 2. The number of rotatable bonds is 7. The van der Waals surface area contributed by atoms with Crippen LogP contribution in [0.5, 0.6) is 0 Å². The third kappa shape index (κ3) is 4.32. The monoisotopic (exact) mass is 389 g/mol. The minimum Gasteiger partial charge on any atom is -0.478 e. The summed E-state index contributed by atoms with van der Waals surface area (Å²) in [4.78, 5) is 23.0. The van der Waals surface area contributed by atoms with E-state index in [4.69, 9.17) is 5.11 Å². The number of nitrogens with one attached hydrogen (secondary N) is 1. The van der Waals surface area contributed by atoms with Gasteiger partial charge in [0.2, 0.25) is 5.91 Å². The van der Waals surface area contributed by atoms with Gasteiger partial charge in [-0.3, -0.25) is 14.2 Å². The second-order valence-electron chi connectivity index (χ2n) is 6.66. The van der Waals surface area contributed by atoms with Gasteiger partial charge in [0, 0.05) is 25.4 Å². The number of amides is 1. The molecule has 2 N–H and O–H groups in total. The summed E-state index contributed by atoms with van der Waals surface area (Å²) >= 11 is 0. The summed E-state index contributed by atoms with van der Waals surface area (Å²) in [6.07, 6.45) is 6.24. The number of nitrogens with zero attached hydrogens (tertiary/aromatic N) is 4. The molecule has 2 aromatic heterocycles. The van der Waals surface area contributed by atoms with Crippen molar-refractivity contribution in [3.63, 3.8) is 0 Å². The van der Waals surface area contributed by atoms with Crippen molar-refractivity contribution in [2.75, 3.05) is 5.32 Å². The Morgan fingerprint density at radius 3 is 2.59 bits per heavy atom. The van der Waals surface area contributed by atoms with E-state index in [1.165, 1.54) is 27.8 Å². The molecule has 146 valence electrons. The van der Waals surface area contributed by atoms with Crippen molar-refractivity contribution in [2.24, 2.45) is 0 Å². The molecule has 0 aliphatic carbocycles. The van der Waals surface area contributed by atoms with Crippen molar-refractivity contribution in [3.8, 4) is 0 Å². The summed E-state index contributed by atoms with van der Waals surface area (Å²) in [6, 6.07) is 14.4. The molecule has 0 radical (unpaired) electrons. The minimum absolute atomic E-state index is 0.0973. The summed E-state index contributed by atoms with van der Waals surface area (Å²) in [7, 11) is 0. The van der Waals surface area contributed by atoms with E-state index in [0.29, 0.717) is 18.8 Å². The molecule has 1 amide bonds. The fourth-order valence-corrected chi connectivity index (χ4v) is 3.16. The largest absolute Gasteiger partial charge is 0.478 e. The first kappa shape index (κ1) is 18.4. The number of anilines is 1. The Bertz CT molecular complexity index is 1170. The molecule has 4 rings (SSSR count). The van der Waals surface area contributed by atoms with Gasteiger partial charge < -0.3 is 10.4 Å². The van der Waals surface area contributed by atoms with Gasteiger partial charge in [0.15, 0.2) is 0 Å². The van der Waals surface area contributed by atoms with Crippen molar-refractivity contribution in [3.05, 3.63) is 78.4 Å². The van der Waals surface area contributed by atoms with Gasteiger partial charge in [0.25, 0.3) is 0 Å². The normalized spacial score (nSPS) is 10.9. The predicted octanol–water partition coefficient (Wildman–Crippen LogP) is 3.01. The average molecular weight is 389 g/mol. The zero-order valence-electron chi connectivity index (χ0n) is 15.5. The van der Waals surface area contributed by atoms with Crippen molar-refractivity contribution in [2.45, 2.75) is 19.5 Å². The summed E-state index contributed by atoms with van der Waals surface area (Å²) in [5.41, 5.74) is 1.86. The molecule has 0 fully saturated rings. The molecular formula is C21H19N5O3. The number of aromatic carboxylic acids is 1. The van der Waals surface area contributed by atoms with Crippen molar-refractivity contribution < 1.29 is 14.7 Å². The Morgan fingerprint density at radius 2 is 1.76 bits per heavy atom. The van der Waals surface area contributed by atoms with E-state index >= 15 is 0 Å². The summed E-state index contributed by atoms with van der Waals surface area (Å²) in [6.45, 7) is 0.895. The Morgan fingerprint density at radius 1 is 0.966 bits per heavy atom. The van der Waals surface area contributed by atoms with E-state index in [1.54, 1.807) is 17.1 Å². The number of aryl methyl sites for hydroxylation is 1. The Hall–Kier alpha value is -3.94. The first-order valence-corrected chi connectivity index (χ1v) is 9.13. The lowest BCUT2D eigenvalue weighted by atomic mass is 10.0. The number of benzene rings is 2. The molecule has 0 aliphatic rings. The second-order valence-corrected chi connectivity index (χ2v) is 6.66. The third-order valence-electron chi connectivity index (χ3n) is 4.58. The van der Waals surface area contributed by atoms with E-state index < -0.39 is 5.97 Å². The Labute approximate surface area is 166 Å². The average Bonchev–Trinajstić information content (AvgIpc) is 3.36. The molecule has 4 aromatic rings. The van der Waals surface area contributed by atoms with E-state index in [0.717, 1.165) is 5.56 Å². The lowest BCUT2D eigenvalue weighted by molar-refractivity contribution is -0.116. The molecule has 8 heteroatoms. The van der Waals surface area contributed by atoms with E-state index in [-0.39, 0.29) is 17.9 Å². The second kappa shape index (κ2) is 7.97. The van der Waals surface area contributed by atoms with Gasteiger partial charge in [0.05, 0.1) is 30.2 Å². The maximum atomic E-state index is 12.2. The van der Waals surface area contributed by atoms with Crippen LogP contribution in [0.4, 0.5) is 5.69 Å². The first-order valence-electron chi connectivity index (χ1n) is 9.13. The number of hydrogen-bond acceptors (Lipinski definition) is 4. The van der Waals surface area contributed by atoms with Crippen LogP contribution in [0.2, 0.25) is 0 Å². The van der Waals surface area contributed by atoms with Gasteiger partial charge in [-0.05, 0) is 16.3 Å². The Kier molecular flexibility index (Phi) is 5.07. The standard InChI is InChI=1S/C21H19N5O3/c27-20(8-9-25-13-17(10-22-25)21(28)29)24-18-11-23-26(14-18)12-16-6-3-5-15-4-1-2-7-19(15)16/h1-7,10-11,13-14H,8-9,12H2,(H,24,27)(H,28,29). The fraction of sp³-hybridized carbons (Fsp3) is 0.143. The molecule has 0 atom stereocenters. The quantitative estimate of drug-likeness (QED) is 0.506. The molecule has 0 unspecified atom stereocenters. The van der Waals surface area contributed by atoms with Gasteiger partial charge in [-0.15, -0.1) is 0 Å². The number of hydrogen-bond donors (Lipinski definition) is 2. The van der Waals surface area contributed by atoms with Crippen LogP contribution in [-0.2, 0) is 17.9 Å². The molecule has 8 nitrogen and oxygen atoms in total. The molecule has 0 saturated carbocycles. The molecule has 0 spiro atoms. The number of carboxylic acids is 1. The zero-order chi connectivity index (χ0) is 20.2. The van der Waals surface area contributed by atoms with Crippen LogP contribution in [0.15, 0.2) is 67.3 Å². The lowest BCUT2D eigenvalue weighted by Gasteiger charge is -2.06. The Balaban J connectivity index is 1.36. The predicted molar refractivity (Wildman–Crippen MR) is 108 cm³/mol. The molecule has 0 bridgehead atoms. The highest BCUT2D eigenvalue weighted by Gasteiger charge is 2.09. The van der Waals surface area contributed by atoms with Crippen molar-refractivity contribution >= 4 is 28.3 Å². The first-order chi connectivity index (χ1) is 14.1. The minimum atomic E-state index is -1.04. The SMILES string of the molecule is O=C(CCn1cc(C(=O)O)cn1)Nc1cnn(Cc2cccc3ccccc23)c1. The highest BCUT2D eigenvalue weighted by atomic mass is 16.4. The van der Waals surface area contributed by atoms with Crippen LogP contribution >= 0.6 is 0 Å². The molecule has 2 aromatic carbocycles. The summed E-state index contributed by atoms with van der Waals surface area (Å²) in [5, 5.41) is 22.3. The highest BCUT2D eigenvalue weighted by Crippen LogP contribution is 2.19. The highest BCUT2D eigenvalue weighted by molar-refractivity contribution is 5.90. The summed E-state index contributed by atoms with van der Waals surface area (Å²) in [5.74, 6) is -1.23. The topological polar surface area (TPSA) is 102 Å². The number of carboxylic acid groups (broad SMARTS) is 1. The van der Waals surface area contributed by atoms with E-state index in [9.17, 15) is 9.59 Å². The lowest BCUT2D eigenvalue weighted by Crippen LogP contribution is -2.14. The van der Waals surface area contributed by atoms with Crippen LogP contribution in [0, 0.1) is 0 Å². The van der Waals surface area contributed by atoms with Crippen LogP contribution in [0.25, 0.3) is 10.8 Å². The van der Waals surface area contributed by atoms with Crippen LogP contribution < -0.4 is 5.32 Å². The van der Waals surface area contributed by atoms with E-state index in [1.807, 2.05) is 18.2 Å². The van der Waals surface area contributed by atoms with Gasteiger partial charge >= 0.3 is 5.97 Å².